The van der Waals surface area contributed by atoms with Crippen molar-refractivity contribution in [3.63, 3.8) is 0 Å². The molecule has 0 aromatic heterocycles. The summed E-state index contributed by atoms with van der Waals surface area (Å²) < 4.78 is 13.6. The van der Waals surface area contributed by atoms with E-state index in [1.165, 1.54) is 0 Å². The number of carbonyl (C=O) groups excluding carboxylic acids is 2. The highest BCUT2D eigenvalue weighted by molar-refractivity contribution is 9.10. The van der Waals surface area contributed by atoms with Gasteiger partial charge in [-0.1, -0.05) is 92.5 Å². The van der Waals surface area contributed by atoms with Crippen LogP contribution >= 0.6 is 31.9 Å². The van der Waals surface area contributed by atoms with Gasteiger partial charge in [0.15, 0.2) is 11.6 Å². The lowest BCUT2D eigenvalue weighted by molar-refractivity contribution is 0.103. The van der Waals surface area contributed by atoms with Crippen LogP contribution in [0.1, 0.15) is 38.3 Å². The van der Waals surface area contributed by atoms with Crippen LogP contribution in [0.5, 0.6) is 11.5 Å². The molecule has 4 aromatic rings. The van der Waals surface area contributed by atoms with Gasteiger partial charge in [0.05, 0.1) is 13.2 Å². The molecular formula is C33H26Br2O4. The fourth-order valence-corrected chi connectivity index (χ4v) is 4.51. The van der Waals surface area contributed by atoms with Crippen molar-refractivity contribution in [2.45, 2.75) is 6.42 Å². The lowest BCUT2D eigenvalue weighted by Crippen LogP contribution is -2.06. The van der Waals surface area contributed by atoms with Crippen molar-refractivity contribution >= 4 is 55.6 Å². The minimum Gasteiger partial charge on any atom is -0.493 e. The van der Waals surface area contributed by atoms with Gasteiger partial charge >= 0.3 is 0 Å². The molecule has 0 unspecified atom stereocenters. The highest BCUT2D eigenvalue weighted by atomic mass is 79.9. The molecule has 0 saturated carbocycles. The summed E-state index contributed by atoms with van der Waals surface area (Å²) in [5, 5.41) is 0. The zero-order chi connectivity index (χ0) is 27.5. The van der Waals surface area contributed by atoms with Crippen LogP contribution in [0.15, 0.2) is 118 Å². The Bertz CT molecular complexity index is 1390. The van der Waals surface area contributed by atoms with E-state index in [9.17, 15) is 9.59 Å². The van der Waals surface area contributed by atoms with Crippen molar-refractivity contribution in [1.29, 1.82) is 0 Å². The number of hydrogen-bond acceptors (Lipinski definition) is 4. The first-order valence-corrected chi connectivity index (χ1v) is 14.0. The minimum absolute atomic E-state index is 0.0929. The van der Waals surface area contributed by atoms with E-state index in [1.807, 2.05) is 60.7 Å². The Morgan fingerprint density at radius 2 is 1.03 bits per heavy atom. The van der Waals surface area contributed by atoms with E-state index in [4.69, 9.17) is 9.47 Å². The lowest BCUT2D eigenvalue weighted by Gasteiger charge is -2.09. The van der Waals surface area contributed by atoms with E-state index < -0.39 is 0 Å². The third kappa shape index (κ3) is 9.20. The van der Waals surface area contributed by atoms with Gasteiger partial charge in [0.1, 0.15) is 11.5 Å². The Hall–Kier alpha value is -3.74. The highest BCUT2D eigenvalue weighted by Crippen LogP contribution is 2.18. The second kappa shape index (κ2) is 14.4. The van der Waals surface area contributed by atoms with Gasteiger partial charge in [0.2, 0.25) is 0 Å². The first-order valence-electron chi connectivity index (χ1n) is 12.4. The molecule has 0 amide bonds. The molecule has 0 radical (unpaired) electrons. The Morgan fingerprint density at radius 3 is 1.46 bits per heavy atom. The van der Waals surface area contributed by atoms with Crippen molar-refractivity contribution in [2.75, 3.05) is 13.2 Å². The molecule has 0 aliphatic rings. The molecule has 0 atom stereocenters. The fraction of sp³-hybridized carbons (Fsp3) is 0.0909. The summed E-state index contributed by atoms with van der Waals surface area (Å²) in [7, 11) is 0. The van der Waals surface area contributed by atoms with Crippen LogP contribution in [0.3, 0.4) is 0 Å². The standard InChI is InChI=1S/C33H26Br2O4/c34-28-10-1-6-24(20-28)14-16-32(36)26-8-3-12-30(22-26)38-18-5-19-39-31-13-4-9-27(23-31)33(37)17-15-25-7-2-11-29(35)21-25/h1-4,6-17,20-23H,5,18-19H2/b16-14+,17-15+. The van der Waals surface area contributed by atoms with Crippen LogP contribution < -0.4 is 9.47 Å². The van der Waals surface area contributed by atoms with Gasteiger partial charge < -0.3 is 9.47 Å². The largest absolute Gasteiger partial charge is 0.493 e. The number of benzene rings is 4. The number of ketones is 2. The molecule has 0 saturated heterocycles. The molecule has 4 aromatic carbocycles. The number of ether oxygens (including phenoxy) is 2. The maximum Gasteiger partial charge on any atom is 0.185 e. The smallest absolute Gasteiger partial charge is 0.185 e. The first kappa shape index (κ1) is 28.3. The predicted octanol–water partition coefficient (Wildman–Crippen LogP) is 8.85. The zero-order valence-electron chi connectivity index (χ0n) is 21.1. The molecular weight excluding hydrogens is 620 g/mol. The lowest BCUT2D eigenvalue weighted by atomic mass is 10.1. The van der Waals surface area contributed by atoms with Crippen molar-refractivity contribution < 1.29 is 19.1 Å². The summed E-state index contributed by atoms with van der Waals surface area (Å²) in [6.07, 6.45) is 7.34. The number of carbonyl (C=O) groups is 2. The number of rotatable bonds is 12. The number of halogens is 2. The van der Waals surface area contributed by atoms with Crippen molar-refractivity contribution in [3.8, 4) is 11.5 Å². The van der Waals surface area contributed by atoms with Gasteiger partial charge in [-0.15, -0.1) is 0 Å². The van der Waals surface area contributed by atoms with Crippen molar-refractivity contribution in [1.82, 2.24) is 0 Å². The van der Waals surface area contributed by atoms with Gasteiger partial charge in [-0.25, -0.2) is 0 Å². The third-order valence-electron chi connectivity index (χ3n) is 5.61. The molecule has 6 heteroatoms. The Balaban J connectivity index is 1.23. The minimum atomic E-state index is -0.0929. The maximum atomic E-state index is 12.6. The Kier molecular flexibility index (Phi) is 10.5. The molecule has 0 N–H and O–H groups in total. The average Bonchev–Trinajstić information content (AvgIpc) is 2.95. The van der Waals surface area contributed by atoms with E-state index in [0.717, 1.165) is 20.1 Å². The summed E-state index contributed by atoms with van der Waals surface area (Å²) in [6.45, 7) is 0.860. The molecule has 196 valence electrons. The molecule has 0 heterocycles. The number of allylic oxidation sites excluding steroid dienone is 2. The van der Waals surface area contributed by atoms with E-state index in [-0.39, 0.29) is 11.6 Å². The molecule has 0 spiro atoms. The zero-order valence-corrected chi connectivity index (χ0v) is 24.2. The summed E-state index contributed by atoms with van der Waals surface area (Å²) in [5.41, 5.74) is 3.00. The predicted molar refractivity (Wildman–Crippen MR) is 164 cm³/mol. The Morgan fingerprint density at radius 1 is 0.590 bits per heavy atom. The summed E-state index contributed by atoms with van der Waals surface area (Å²) in [4.78, 5) is 25.2. The van der Waals surface area contributed by atoms with Crippen LogP contribution in [0.25, 0.3) is 12.2 Å². The van der Waals surface area contributed by atoms with Gasteiger partial charge in [-0.05, 0) is 71.8 Å². The first-order chi connectivity index (χ1) is 19.0. The summed E-state index contributed by atoms with van der Waals surface area (Å²) >= 11 is 6.87. The maximum absolute atomic E-state index is 12.6. The monoisotopic (exact) mass is 644 g/mol. The molecule has 4 rings (SSSR count). The van der Waals surface area contributed by atoms with Gasteiger partial charge in [-0.2, -0.15) is 0 Å². The molecule has 4 nitrogen and oxygen atoms in total. The van der Waals surface area contributed by atoms with Crippen LogP contribution in [0.2, 0.25) is 0 Å². The third-order valence-corrected chi connectivity index (χ3v) is 6.60. The quantitative estimate of drug-likeness (QED) is 0.0877. The second-order valence-electron chi connectivity index (χ2n) is 8.61. The topological polar surface area (TPSA) is 52.6 Å². The molecule has 0 bridgehead atoms. The average molecular weight is 646 g/mol. The van der Waals surface area contributed by atoms with Crippen LogP contribution in [0, 0.1) is 0 Å². The SMILES string of the molecule is O=C(/C=C/c1cccc(Br)c1)c1cccc(OCCCOc2cccc(C(=O)/C=C/c3cccc(Br)c3)c2)c1. The van der Waals surface area contributed by atoms with Crippen molar-refractivity contribution in [2.24, 2.45) is 0 Å². The molecule has 0 fully saturated rings. The highest BCUT2D eigenvalue weighted by Gasteiger charge is 2.06. The van der Waals surface area contributed by atoms with Gasteiger partial charge in [0.25, 0.3) is 0 Å². The Labute approximate surface area is 245 Å². The van der Waals surface area contributed by atoms with Gasteiger partial charge in [-0.3, -0.25) is 9.59 Å². The van der Waals surface area contributed by atoms with E-state index >= 15 is 0 Å². The second-order valence-corrected chi connectivity index (χ2v) is 10.4. The number of hydrogen-bond donors (Lipinski definition) is 0. The van der Waals surface area contributed by atoms with Crippen molar-refractivity contribution in [3.05, 3.63) is 140 Å². The van der Waals surface area contributed by atoms with Crippen LogP contribution in [-0.2, 0) is 0 Å². The molecule has 39 heavy (non-hydrogen) atoms. The van der Waals surface area contributed by atoms with Crippen LogP contribution in [0.4, 0.5) is 0 Å². The fourth-order valence-electron chi connectivity index (χ4n) is 3.67. The van der Waals surface area contributed by atoms with E-state index in [1.54, 1.807) is 60.7 Å². The summed E-state index contributed by atoms with van der Waals surface area (Å²) in [6, 6.07) is 29.8. The van der Waals surface area contributed by atoms with Crippen LogP contribution in [-0.4, -0.2) is 24.8 Å². The van der Waals surface area contributed by atoms with Gasteiger partial charge in [0, 0.05) is 26.5 Å². The normalized spacial score (nSPS) is 11.1. The summed E-state index contributed by atoms with van der Waals surface area (Å²) in [5.74, 6) is 1.07. The van der Waals surface area contributed by atoms with E-state index in [2.05, 4.69) is 31.9 Å². The van der Waals surface area contributed by atoms with E-state index in [0.29, 0.717) is 42.3 Å². The molecule has 0 aliphatic carbocycles. The molecule has 0 aliphatic heterocycles.